The van der Waals surface area contributed by atoms with Crippen molar-refractivity contribution in [2.45, 2.75) is 45.3 Å². The lowest BCUT2D eigenvalue weighted by molar-refractivity contribution is 0.0444. The molecule has 106 valence electrons. The minimum atomic E-state index is -0.849. The Bertz CT molecular complexity index is 467. The summed E-state index contributed by atoms with van der Waals surface area (Å²) in [5.74, 6) is -0.849. The van der Waals surface area contributed by atoms with Gasteiger partial charge in [-0.3, -0.25) is 4.90 Å². The Hall–Kier alpha value is -0.910. The van der Waals surface area contributed by atoms with Crippen molar-refractivity contribution in [2.75, 3.05) is 13.1 Å². The fraction of sp³-hybridized carbons (Fsp3) is 0.643. The first kappa shape index (κ1) is 14.5. The molecule has 0 aromatic carbocycles. The number of thiophene rings is 1. The zero-order chi connectivity index (χ0) is 14.0. The van der Waals surface area contributed by atoms with E-state index in [1.165, 1.54) is 11.3 Å². The topological polar surface area (TPSA) is 60.8 Å². The molecule has 1 atom stereocenters. The third-order valence-corrected chi connectivity index (χ3v) is 4.86. The van der Waals surface area contributed by atoms with E-state index in [1.807, 2.05) is 13.8 Å². The molecule has 2 N–H and O–H groups in total. The number of likely N-dealkylation sites (tertiary alicyclic amines) is 1. The van der Waals surface area contributed by atoms with E-state index in [-0.39, 0.29) is 0 Å². The molecule has 19 heavy (non-hydrogen) atoms. The molecule has 0 bridgehead atoms. The van der Waals surface area contributed by atoms with Gasteiger partial charge in [-0.1, -0.05) is 0 Å². The summed E-state index contributed by atoms with van der Waals surface area (Å²) in [4.78, 5) is 14.8. The highest BCUT2D eigenvalue weighted by Gasteiger charge is 2.25. The molecule has 1 unspecified atom stereocenters. The number of aromatic carboxylic acids is 1. The number of carboxylic acids is 1. The van der Waals surface area contributed by atoms with Crippen LogP contribution < -0.4 is 0 Å². The second-order valence-electron chi connectivity index (χ2n) is 5.62. The van der Waals surface area contributed by atoms with Crippen LogP contribution in [0.5, 0.6) is 0 Å². The van der Waals surface area contributed by atoms with E-state index in [0.717, 1.165) is 49.3 Å². The zero-order valence-electron chi connectivity index (χ0n) is 11.5. The van der Waals surface area contributed by atoms with Crippen LogP contribution in [0.15, 0.2) is 6.07 Å². The first-order valence-electron chi connectivity index (χ1n) is 6.65. The molecular formula is C14H21NO3S. The van der Waals surface area contributed by atoms with Gasteiger partial charge in [0.15, 0.2) is 0 Å². The molecule has 0 spiro atoms. The summed E-state index contributed by atoms with van der Waals surface area (Å²) in [6.07, 6.45) is 2.61. The molecule has 0 radical (unpaired) electrons. The third-order valence-electron chi connectivity index (χ3n) is 3.78. The first-order chi connectivity index (χ1) is 8.87. The van der Waals surface area contributed by atoms with Gasteiger partial charge in [0.2, 0.25) is 0 Å². The number of nitrogens with zero attached hydrogens (tertiary/aromatic N) is 1. The fourth-order valence-corrected chi connectivity index (χ4v) is 3.37. The maximum absolute atomic E-state index is 11.0. The molecule has 0 saturated carbocycles. The van der Waals surface area contributed by atoms with Crippen molar-refractivity contribution in [2.24, 2.45) is 0 Å². The van der Waals surface area contributed by atoms with E-state index in [1.54, 1.807) is 6.07 Å². The van der Waals surface area contributed by atoms with Crippen LogP contribution in [0.4, 0.5) is 0 Å². The Balaban J connectivity index is 2.03. The van der Waals surface area contributed by atoms with Gasteiger partial charge >= 0.3 is 5.97 Å². The summed E-state index contributed by atoms with van der Waals surface area (Å²) in [5.41, 5.74) is 0.550. The smallest absolute Gasteiger partial charge is 0.345 e. The van der Waals surface area contributed by atoms with E-state index in [2.05, 4.69) is 4.90 Å². The standard InChI is InChI=1S/C14H21NO3S/c1-10-11(8-12(19-10)13(16)17)9-15-6-3-4-14(2,18)5-7-15/h8,18H,3-7,9H2,1-2H3,(H,16,17). The van der Waals surface area contributed by atoms with Gasteiger partial charge in [-0.05, 0) is 51.3 Å². The Labute approximate surface area is 117 Å². The van der Waals surface area contributed by atoms with Crippen LogP contribution in [0.25, 0.3) is 0 Å². The minimum absolute atomic E-state index is 0.411. The van der Waals surface area contributed by atoms with Gasteiger partial charge < -0.3 is 10.2 Å². The number of aliphatic hydroxyl groups is 1. The maximum Gasteiger partial charge on any atom is 0.345 e. The van der Waals surface area contributed by atoms with Crippen LogP contribution in [0.1, 0.15) is 46.3 Å². The van der Waals surface area contributed by atoms with Crippen LogP contribution in [0.2, 0.25) is 0 Å². The largest absolute Gasteiger partial charge is 0.477 e. The Morgan fingerprint density at radius 1 is 1.47 bits per heavy atom. The molecule has 1 aliphatic heterocycles. The summed E-state index contributed by atoms with van der Waals surface area (Å²) in [6, 6.07) is 1.78. The zero-order valence-corrected chi connectivity index (χ0v) is 12.3. The van der Waals surface area contributed by atoms with Gasteiger partial charge in [-0.15, -0.1) is 11.3 Å². The van der Waals surface area contributed by atoms with Gasteiger partial charge in [0, 0.05) is 18.0 Å². The summed E-state index contributed by atoms with van der Waals surface area (Å²) in [6.45, 7) is 6.49. The van der Waals surface area contributed by atoms with Gasteiger partial charge in [-0.25, -0.2) is 4.79 Å². The molecule has 0 aliphatic carbocycles. The summed E-state index contributed by atoms with van der Waals surface area (Å²) >= 11 is 1.34. The summed E-state index contributed by atoms with van der Waals surface area (Å²) in [5, 5.41) is 19.1. The SMILES string of the molecule is Cc1sc(C(=O)O)cc1CN1CCCC(C)(O)CC1. The first-order valence-corrected chi connectivity index (χ1v) is 7.46. The highest BCUT2D eigenvalue weighted by molar-refractivity contribution is 7.14. The lowest BCUT2D eigenvalue weighted by Crippen LogP contribution is -2.28. The number of hydrogen-bond donors (Lipinski definition) is 2. The Morgan fingerprint density at radius 3 is 2.84 bits per heavy atom. The third kappa shape index (κ3) is 3.78. The average molecular weight is 283 g/mol. The van der Waals surface area contributed by atoms with Crippen molar-refractivity contribution >= 4 is 17.3 Å². The Morgan fingerprint density at radius 2 is 2.21 bits per heavy atom. The number of hydrogen-bond acceptors (Lipinski definition) is 4. The van der Waals surface area contributed by atoms with Crippen molar-refractivity contribution in [3.8, 4) is 0 Å². The quantitative estimate of drug-likeness (QED) is 0.894. The molecule has 1 saturated heterocycles. The molecule has 5 heteroatoms. The highest BCUT2D eigenvalue weighted by atomic mass is 32.1. The van der Waals surface area contributed by atoms with Gasteiger partial charge in [-0.2, -0.15) is 0 Å². The van der Waals surface area contributed by atoms with Crippen LogP contribution in [-0.4, -0.2) is 39.8 Å². The van der Waals surface area contributed by atoms with Crippen LogP contribution in [0, 0.1) is 6.92 Å². The van der Waals surface area contributed by atoms with Crippen LogP contribution in [-0.2, 0) is 6.54 Å². The number of carboxylic acid groups (broad SMARTS) is 1. The Kier molecular flexibility index (Phi) is 4.28. The normalized spacial score (nSPS) is 25.2. The molecule has 1 fully saturated rings. The predicted molar refractivity (Wildman–Crippen MR) is 75.8 cm³/mol. The average Bonchev–Trinajstić information content (AvgIpc) is 2.58. The number of aryl methyl sites for hydroxylation is 1. The van der Waals surface area contributed by atoms with E-state index < -0.39 is 11.6 Å². The van der Waals surface area contributed by atoms with E-state index in [0.29, 0.717) is 4.88 Å². The summed E-state index contributed by atoms with van der Waals surface area (Å²) in [7, 11) is 0. The number of carbonyl (C=O) groups is 1. The minimum Gasteiger partial charge on any atom is -0.477 e. The molecule has 1 aliphatic rings. The molecular weight excluding hydrogens is 262 g/mol. The van der Waals surface area contributed by atoms with E-state index in [9.17, 15) is 9.90 Å². The number of rotatable bonds is 3. The summed E-state index contributed by atoms with van der Waals surface area (Å²) < 4.78 is 0. The second kappa shape index (κ2) is 5.61. The predicted octanol–water partition coefficient (Wildman–Crippen LogP) is 2.49. The lowest BCUT2D eigenvalue weighted by Gasteiger charge is -2.22. The second-order valence-corrected chi connectivity index (χ2v) is 6.88. The van der Waals surface area contributed by atoms with Gasteiger partial charge in [0.1, 0.15) is 4.88 Å². The lowest BCUT2D eigenvalue weighted by atomic mass is 9.98. The monoisotopic (exact) mass is 283 g/mol. The van der Waals surface area contributed by atoms with E-state index >= 15 is 0 Å². The molecule has 2 rings (SSSR count). The molecule has 1 aromatic heterocycles. The van der Waals surface area contributed by atoms with E-state index in [4.69, 9.17) is 5.11 Å². The van der Waals surface area contributed by atoms with Crippen molar-refractivity contribution in [1.29, 1.82) is 0 Å². The van der Waals surface area contributed by atoms with Gasteiger partial charge in [0.05, 0.1) is 5.60 Å². The van der Waals surface area contributed by atoms with Crippen LogP contribution in [0.3, 0.4) is 0 Å². The van der Waals surface area contributed by atoms with Gasteiger partial charge in [0.25, 0.3) is 0 Å². The van der Waals surface area contributed by atoms with Crippen molar-refractivity contribution in [1.82, 2.24) is 4.90 Å². The molecule has 4 nitrogen and oxygen atoms in total. The van der Waals surface area contributed by atoms with Crippen molar-refractivity contribution in [3.05, 3.63) is 21.4 Å². The maximum atomic E-state index is 11.0. The molecule has 2 heterocycles. The molecule has 0 amide bonds. The van der Waals surface area contributed by atoms with Crippen molar-refractivity contribution < 1.29 is 15.0 Å². The van der Waals surface area contributed by atoms with Crippen molar-refractivity contribution in [3.63, 3.8) is 0 Å². The fourth-order valence-electron chi connectivity index (χ4n) is 2.50. The molecule has 1 aromatic rings. The highest BCUT2D eigenvalue weighted by Crippen LogP contribution is 2.26. The van der Waals surface area contributed by atoms with Crippen LogP contribution >= 0.6 is 11.3 Å².